The monoisotopic (exact) mass is 415 g/mol. The molecule has 0 aliphatic carbocycles. The maximum Gasteiger partial charge on any atom is 0.237 e. The zero-order valence-electron chi connectivity index (χ0n) is 17.2. The van der Waals surface area contributed by atoms with Crippen molar-refractivity contribution >= 4 is 29.3 Å². The second-order valence-corrected chi connectivity index (χ2v) is 8.25. The molecule has 8 heteroatoms. The number of carbonyl (C=O) groups is 1. The number of benzene rings is 1. The molecule has 2 aromatic rings. The predicted molar refractivity (Wildman–Crippen MR) is 118 cm³/mol. The number of morpholine rings is 1. The van der Waals surface area contributed by atoms with E-state index in [0.717, 1.165) is 36.4 Å². The number of para-hydroxylation sites is 1. The first kappa shape index (κ1) is 21.4. The van der Waals surface area contributed by atoms with E-state index in [-0.39, 0.29) is 5.91 Å². The van der Waals surface area contributed by atoms with E-state index in [9.17, 15) is 4.79 Å². The molecule has 1 aliphatic heterocycles. The second-order valence-electron chi connectivity index (χ2n) is 7.30. The number of aromatic nitrogens is 3. The third-order valence-electron chi connectivity index (χ3n) is 4.54. The van der Waals surface area contributed by atoms with Crippen molar-refractivity contribution in [1.29, 1.82) is 0 Å². The Balaban J connectivity index is 1.74. The van der Waals surface area contributed by atoms with Crippen LogP contribution in [0.1, 0.15) is 13.8 Å². The molecule has 1 fully saturated rings. The van der Waals surface area contributed by atoms with Gasteiger partial charge in [-0.3, -0.25) is 9.36 Å². The van der Waals surface area contributed by atoms with Crippen molar-refractivity contribution < 1.29 is 9.53 Å². The summed E-state index contributed by atoms with van der Waals surface area (Å²) >= 11 is 1.44. The lowest BCUT2D eigenvalue weighted by Crippen LogP contribution is -2.38. The minimum atomic E-state index is 0.0214. The molecule has 3 rings (SSSR count). The Kier molecular flexibility index (Phi) is 7.71. The van der Waals surface area contributed by atoms with Crippen LogP contribution in [0.2, 0.25) is 0 Å². The summed E-state index contributed by atoms with van der Waals surface area (Å²) in [7, 11) is 0. The van der Waals surface area contributed by atoms with Gasteiger partial charge in [-0.1, -0.05) is 49.9 Å². The number of thioether (sulfide) groups is 1. The molecule has 0 N–H and O–H groups in total. The Labute approximate surface area is 176 Å². The van der Waals surface area contributed by atoms with Gasteiger partial charge in [0.15, 0.2) is 5.16 Å². The number of anilines is 2. The van der Waals surface area contributed by atoms with Gasteiger partial charge in [0.1, 0.15) is 0 Å². The van der Waals surface area contributed by atoms with Crippen LogP contribution in [-0.4, -0.2) is 59.3 Å². The molecule has 0 atom stereocenters. The number of hydrogen-bond donors (Lipinski definition) is 0. The van der Waals surface area contributed by atoms with E-state index >= 15 is 0 Å². The first-order chi connectivity index (χ1) is 14.1. The highest BCUT2D eigenvalue weighted by Crippen LogP contribution is 2.25. The molecule has 0 spiro atoms. The minimum absolute atomic E-state index is 0.0214. The zero-order chi connectivity index (χ0) is 20.6. The summed E-state index contributed by atoms with van der Waals surface area (Å²) in [6.07, 6.45) is 1.74. The van der Waals surface area contributed by atoms with Gasteiger partial charge in [-0.25, -0.2) is 0 Å². The summed E-state index contributed by atoms with van der Waals surface area (Å²) in [6, 6.07) is 9.67. The standard InChI is InChI=1S/C21H29N5O2S/c1-4-10-25(18-8-6-5-7-9-18)19(27)16-29-21-23-22-20(26(21)15-17(2)3)24-11-13-28-14-12-24/h4-9,17H,1,10-16H2,2-3H3. The molecule has 0 bridgehead atoms. The maximum absolute atomic E-state index is 12.9. The number of ether oxygens (including phenoxy) is 1. The van der Waals surface area contributed by atoms with Crippen LogP contribution in [0.15, 0.2) is 48.1 Å². The van der Waals surface area contributed by atoms with Gasteiger partial charge in [-0.05, 0) is 18.1 Å². The Morgan fingerprint density at radius 1 is 1.28 bits per heavy atom. The quantitative estimate of drug-likeness (QED) is 0.463. The molecule has 2 heterocycles. The minimum Gasteiger partial charge on any atom is -0.378 e. The number of nitrogens with zero attached hydrogens (tertiary/aromatic N) is 5. The van der Waals surface area contributed by atoms with E-state index < -0.39 is 0 Å². The topological polar surface area (TPSA) is 63.5 Å². The highest BCUT2D eigenvalue weighted by molar-refractivity contribution is 7.99. The first-order valence-electron chi connectivity index (χ1n) is 9.95. The van der Waals surface area contributed by atoms with Crippen molar-refractivity contribution in [2.45, 2.75) is 25.5 Å². The first-order valence-corrected chi connectivity index (χ1v) is 10.9. The average Bonchev–Trinajstić information content (AvgIpc) is 3.13. The van der Waals surface area contributed by atoms with E-state index in [1.165, 1.54) is 11.8 Å². The van der Waals surface area contributed by atoms with Crippen molar-refractivity contribution in [3.05, 3.63) is 43.0 Å². The van der Waals surface area contributed by atoms with E-state index in [1.54, 1.807) is 11.0 Å². The van der Waals surface area contributed by atoms with Gasteiger partial charge in [0.05, 0.1) is 19.0 Å². The fourth-order valence-electron chi connectivity index (χ4n) is 3.20. The van der Waals surface area contributed by atoms with Crippen molar-refractivity contribution in [2.24, 2.45) is 5.92 Å². The number of carbonyl (C=O) groups excluding carboxylic acids is 1. The fraction of sp³-hybridized carbons (Fsp3) is 0.476. The van der Waals surface area contributed by atoms with Crippen LogP contribution >= 0.6 is 11.8 Å². The lowest BCUT2D eigenvalue weighted by Gasteiger charge is -2.28. The zero-order valence-corrected chi connectivity index (χ0v) is 18.0. The predicted octanol–water partition coefficient (Wildman–Crippen LogP) is 3.08. The molecular formula is C21H29N5O2S. The Bertz CT molecular complexity index is 803. The number of amides is 1. The van der Waals surface area contributed by atoms with Crippen LogP contribution in [0.4, 0.5) is 11.6 Å². The SMILES string of the molecule is C=CCN(C(=O)CSc1nnc(N2CCOCC2)n1CC(C)C)c1ccccc1. The summed E-state index contributed by atoms with van der Waals surface area (Å²) in [5.41, 5.74) is 0.871. The highest BCUT2D eigenvalue weighted by Gasteiger charge is 2.22. The smallest absolute Gasteiger partial charge is 0.237 e. The van der Waals surface area contributed by atoms with Gasteiger partial charge in [0.25, 0.3) is 0 Å². The van der Waals surface area contributed by atoms with E-state index in [1.807, 2.05) is 30.3 Å². The molecule has 1 aromatic carbocycles. The molecular weight excluding hydrogens is 386 g/mol. The van der Waals surface area contributed by atoms with Crippen LogP contribution in [-0.2, 0) is 16.1 Å². The normalized spacial score (nSPS) is 14.2. The lowest BCUT2D eigenvalue weighted by molar-refractivity contribution is -0.116. The van der Waals surface area contributed by atoms with Crippen LogP contribution in [0.3, 0.4) is 0 Å². The number of hydrogen-bond acceptors (Lipinski definition) is 6. The summed E-state index contributed by atoms with van der Waals surface area (Å²) in [5.74, 6) is 1.63. The van der Waals surface area contributed by atoms with Crippen LogP contribution < -0.4 is 9.80 Å². The van der Waals surface area contributed by atoms with Crippen LogP contribution in [0.5, 0.6) is 0 Å². The third kappa shape index (κ3) is 5.61. The summed E-state index contributed by atoms with van der Waals surface area (Å²) in [5, 5.41) is 9.61. The van der Waals surface area contributed by atoms with Crippen LogP contribution in [0.25, 0.3) is 0 Å². The van der Waals surface area contributed by atoms with Gasteiger partial charge in [0, 0.05) is 31.9 Å². The van der Waals surface area contributed by atoms with Gasteiger partial charge in [-0.2, -0.15) is 0 Å². The second kappa shape index (κ2) is 10.5. The van der Waals surface area contributed by atoms with Gasteiger partial charge < -0.3 is 14.5 Å². The molecule has 1 saturated heterocycles. The van der Waals surface area contributed by atoms with Crippen molar-refractivity contribution in [1.82, 2.24) is 14.8 Å². The lowest BCUT2D eigenvalue weighted by atomic mass is 10.2. The Hall–Kier alpha value is -2.32. The van der Waals surface area contributed by atoms with E-state index in [2.05, 4.69) is 40.1 Å². The summed E-state index contributed by atoms with van der Waals surface area (Å²) in [4.78, 5) is 16.9. The fourth-order valence-corrected chi connectivity index (χ4v) is 4.02. The molecule has 0 unspecified atom stereocenters. The third-order valence-corrected chi connectivity index (χ3v) is 5.50. The van der Waals surface area contributed by atoms with Crippen LogP contribution in [0, 0.1) is 5.92 Å². The molecule has 1 aliphatic rings. The largest absolute Gasteiger partial charge is 0.378 e. The molecule has 7 nitrogen and oxygen atoms in total. The number of rotatable bonds is 9. The summed E-state index contributed by atoms with van der Waals surface area (Å²) in [6.45, 7) is 12.4. The highest BCUT2D eigenvalue weighted by atomic mass is 32.2. The van der Waals surface area contributed by atoms with E-state index in [4.69, 9.17) is 4.74 Å². The molecule has 0 saturated carbocycles. The van der Waals surface area contributed by atoms with Gasteiger partial charge in [0.2, 0.25) is 11.9 Å². The Morgan fingerprint density at radius 3 is 2.66 bits per heavy atom. The average molecular weight is 416 g/mol. The molecule has 156 valence electrons. The summed E-state index contributed by atoms with van der Waals surface area (Å²) < 4.78 is 7.59. The van der Waals surface area contributed by atoms with Crippen molar-refractivity contribution in [3.63, 3.8) is 0 Å². The molecule has 0 radical (unpaired) electrons. The molecule has 29 heavy (non-hydrogen) atoms. The molecule has 1 amide bonds. The van der Waals surface area contributed by atoms with Gasteiger partial charge >= 0.3 is 0 Å². The van der Waals surface area contributed by atoms with Gasteiger partial charge in [-0.15, -0.1) is 16.8 Å². The molecule has 1 aromatic heterocycles. The van der Waals surface area contributed by atoms with E-state index in [0.29, 0.717) is 31.4 Å². The van der Waals surface area contributed by atoms with Crippen molar-refractivity contribution in [3.8, 4) is 0 Å². The maximum atomic E-state index is 12.9. The Morgan fingerprint density at radius 2 is 2.00 bits per heavy atom. The van der Waals surface area contributed by atoms with Crippen molar-refractivity contribution in [2.75, 3.05) is 48.4 Å².